The average molecular weight is 542 g/mol. The molecule has 0 fully saturated rings. The van der Waals surface area contributed by atoms with Gasteiger partial charge in [-0.05, 0) is 0 Å². The predicted molar refractivity (Wildman–Crippen MR) is 129 cm³/mol. The Balaban J connectivity index is 1.80. The number of hydrogen-bond donors (Lipinski definition) is 0. The average Bonchev–Trinajstić information content (AvgIpc) is 2.88. The van der Waals surface area contributed by atoms with Gasteiger partial charge in [0.2, 0.25) is 0 Å². The first kappa shape index (κ1) is 22.5. The number of carbonyl (C=O) groups excluding carboxylic acids is 1. The Morgan fingerprint density at radius 3 is 1.52 bits per heavy atom. The van der Waals surface area contributed by atoms with E-state index in [1.165, 1.54) is 6.08 Å². The SMILES string of the molecule is O=C([O-])C=Cc1ccc([N+](=O)[O][Sn]([c]2ccccc2)([c]2ccccc2)[c]2ccccc2)cc1. The molecular formula is C27H21NO4Sn. The van der Waals surface area contributed by atoms with Crippen LogP contribution in [0.15, 0.2) is 121 Å². The van der Waals surface area contributed by atoms with Crippen LogP contribution in [0.25, 0.3) is 6.08 Å². The summed E-state index contributed by atoms with van der Waals surface area (Å²) in [5, 5.41) is 10.6. The van der Waals surface area contributed by atoms with Crippen molar-refractivity contribution >= 4 is 47.3 Å². The van der Waals surface area contributed by atoms with Crippen LogP contribution in [-0.4, -0.2) is 29.7 Å². The van der Waals surface area contributed by atoms with Crippen LogP contribution in [0.4, 0.5) is 5.69 Å². The Hall–Kier alpha value is -3.71. The minimum absolute atomic E-state index is 0.324. The van der Waals surface area contributed by atoms with E-state index < -0.39 is 24.8 Å². The van der Waals surface area contributed by atoms with Crippen LogP contribution in [0.3, 0.4) is 0 Å². The maximum atomic E-state index is 13.4. The summed E-state index contributed by atoms with van der Waals surface area (Å²) in [7, 11) is 0. The van der Waals surface area contributed by atoms with Crippen molar-refractivity contribution in [2.75, 3.05) is 0 Å². The molecule has 0 bridgehead atoms. The van der Waals surface area contributed by atoms with Crippen molar-refractivity contribution in [2.24, 2.45) is 0 Å². The van der Waals surface area contributed by atoms with Crippen LogP contribution >= 0.6 is 0 Å². The Labute approximate surface area is 196 Å². The van der Waals surface area contributed by atoms with Gasteiger partial charge >= 0.3 is 197 Å². The Kier molecular flexibility index (Phi) is 7.00. The molecule has 0 saturated carbocycles. The first-order valence-electron chi connectivity index (χ1n) is 10.4. The standard InChI is InChI=1S/C9H7NO4.3C6H5.Sn/c11-9(12)6-3-7-1-4-8(5-2-7)10(13)14;3*1-2-4-6-5-3-1;/h1-6H,(H,11,12);3*1-5H;/q;;;;+1/p-1. The third kappa shape index (κ3) is 5.04. The second kappa shape index (κ2) is 10.3. The Morgan fingerprint density at radius 2 is 1.12 bits per heavy atom. The van der Waals surface area contributed by atoms with E-state index in [0.29, 0.717) is 16.2 Å². The van der Waals surface area contributed by atoms with Crippen molar-refractivity contribution in [1.29, 1.82) is 0 Å². The Morgan fingerprint density at radius 1 is 0.697 bits per heavy atom. The number of rotatable bonds is 8. The van der Waals surface area contributed by atoms with Crippen LogP contribution < -0.4 is 15.8 Å². The van der Waals surface area contributed by atoms with Gasteiger partial charge in [0.25, 0.3) is 0 Å². The molecule has 162 valence electrons. The number of nitrogens with zero attached hydrogens (tertiary/aromatic N) is 1. The molecule has 0 N–H and O–H groups in total. The molecule has 0 aliphatic heterocycles. The van der Waals surface area contributed by atoms with E-state index in [4.69, 9.17) is 3.17 Å². The van der Waals surface area contributed by atoms with E-state index in [0.717, 1.165) is 16.8 Å². The van der Waals surface area contributed by atoms with Gasteiger partial charge in [-0.2, -0.15) is 0 Å². The summed E-state index contributed by atoms with van der Waals surface area (Å²) in [6, 6.07) is 36.3. The molecule has 0 unspecified atom stereocenters. The van der Waals surface area contributed by atoms with E-state index in [9.17, 15) is 14.8 Å². The van der Waals surface area contributed by atoms with E-state index in [1.807, 2.05) is 91.0 Å². The molecule has 0 saturated heterocycles. The van der Waals surface area contributed by atoms with Gasteiger partial charge < -0.3 is 0 Å². The second-order valence-electron chi connectivity index (χ2n) is 7.37. The fourth-order valence-corrected chi connectivity index (χ4v) is 14.2. The molecule has 33 heavy (non-hydrogen) atoms. The summed E-state index contributed by atoms with van der Waals surface area (Å²) in [5.41, 5.74) is 0.963. The molecule has 4 rings (SSSR count). The molecule has 0 spiro atoms. The molecule has 0 aromatic heterocycles. The fourth-order valence-electron chi connectivity index (χ4n) is 3.73. The van der Waals surface area contributed by atoms with Gasteiger partial charge in [0.05, 0.1) is 0 Å². The quantitative estimate of drug-likeness (QED) is 0.195. The summed E-state index contributed by atoms with van der Waals surface area (Å²) in [5.74, 6) is -1.28. The molecular weight excluding hydrogens is 521 g/mol. The van der Waals surface area contributed by atoms with Crippen LogP contribution in [0, 0.1) is 4.91 Å². The number of carbonyl (C=O) groups is 1. The zero-order valence-electron chi connectivity index (χ0n) is 17.7. The third-order valence-corrected chi connectivity index (χ3v) is 16.3. The second-order valence-corrected chi connectivity index (χ2v) is 16.7. The third-order valence-electron chi connectivity index (χ3n) is 5.28. The number of hydrogen-bond acceptors (Lipinski definition) is 4. The summed E-state index contributed by atoms with van der Waals surface area (Å²) in [6.45, 7) is 0. The fraction of sp³-hybridized carbons (Fsp3) is 0. The molecule has 0 aliphatic rings. The number of aliphatic carboxylic acids is 1. The summed E-state index contributed by atoms with van der Waals surface area (Å²) in [6.07, 6.45) is 2.36. The van der Waals surface area contributed by atoms with Crippen molar-refractivity contribution in [1.82, 2.24) is 0 Å². The van der Waals surface area contributed by atoms with Crippen LogP contribution in [-0.2, 0) is 7.97 Å². The molecule has 0 heterocycles. The van der Waals surface area contributed by atoms with Crippen LogP contribution in [0.2, 0.25) is 0 Å². The number of carboxylic acid groups (broad SMARTS) is 1. The van der Waals surface area contributed by atoms with Gasteiger partial charge in [-0.1, -0.05) is 0 Å². The molecule has 4 aromatic rings. The van der Waals surface area contributed by atoms with E-state index in [1.54, 1.807) is 24.3 Å². The van der Waals surface area contributed by atoms with Gasteiger partial charge in [-0.3, -0.25) is 0 Å². The van der Waals surface area contributed by atoms with E-state index in [2.05, 4.69) is 0 Å². The molecule has 0 radical (unpaired) electrons. The summed E-state index contributed by atoms with van der Waals surface area (Å²) in [4.78, 5) is 24.6. The number of benzene rings is 4. The first-order valence-corrected chi connectivity index (χ1v) is 15.9. The van der Waals surface area contributed by atoms with Gasteiger partial charge in [-0.15, -0.1) is 0 Å². The molecule has 5 nitrogen and oxygen atoms in total. The first-order chi connectivity index (χ1) is 16.1. The Bertz CT molecular complexity index is 1160. The van der Waals surface area contributed by atoms with Crippen LogP contribution in [0.1, 0.15) is 5.56 Å². The van der Waals surface area contributed by atoms with Crippen molar-refractivity contribution in [3.8, 4) is 0 Å². The van der Waals surface area contributed by atoms with E-state index >= 15 is 0 Å². The zero-order chi connectivity index (χ0) is 23.1. The normalized spacial score (nSPS) is 11.3. The number of carboxylic acids is 1. The van der Waals surface area contributed by atoms with Gasteiger partial charge in [0, 0.05) is 0 Å². The molecule has 0 aliphatic carbocycles. The maximum absolute atomic E-state index is 13.4. The molecule has 0 atom stereocenters. The van der Waals surface area contributed by atoms with Crippen LogP contribution in [0.5, 0.6) is 0 Å². The van der Waals surface area contributed by atoms with Gasteiger partial charge in [0.1, 0.15) is 0 Å². The van der Waals surface area contributed by atoms with Crippen molar-refractivity contribution in [3.63, 3.8) is 0 Å². The van der Waals surface area contributed by atoms with Gasteiger partial charge in [0.15, 0.2) is 0 Å². The van der Waals surface area contributed by atoms with Crippen molar-refractivity contribution in [2.45, 2.75) is 0 Å². The predicted octanol–water partition coefficient (Wildman–Crippen LogP) is 2.46. The zero-order valence-corrected chi connectivity index (χ0v) is 20.6. The molecule has 6 heteroatoms. The summed E-state index contributed by atoms with van der Waals surface area (Å²) >= 11 is -4.23. The summed E-state index contributed by atoms with van der Waals surface area (Å²) < 4.78 is 9.52. The molecule has 4 aromatic carbocycles. The molecule has 0 amide bonds. The minimum atomic E-state index is -4.23. The van der Waals surface area contributed by atoms with Gasteiger partial charge in [-0.25, -0.2) is 0 Å². The van der Waals surface area contributed by atoms with E-state index in [-0.39, 0.29) is 0 Å². The van der Waals surface area contributed by atoms with Crippen molar-refractivity contribution < 1.29 is 18.0 Å². The topological polar surface area (TPSA) is 69.4 Å². The van der Waals surface area contributed by atoms with Crippen molar-refractivity contribution in [3.05, 3.63) is 132 Å². The monoisotopic (exact) mass is 543 g/mol.